The molecule has 200 valence electrons. The number of hydrogen-bond acceptors (Lipinski definition) is 6. The number of aryl methyl sites for hydroxylation is 1. The Morgan fingerprint density at radius 3 is 2.61 bits per heavy atom. The molecule has 0 bridgehead atoms. The van der Waals surface area contributed by atoms with Crippen LogP contribution in [0.4, 0.5) is 14.9 Å². The topological polar surface area (TPSA) is 83.8 Å². The maximum atomic E-state index is 14.3. The Kier molecular flexibility index (Phi) is 6.92. The van der Waals surface area contributed by atoms with Crippen molar-refractivity contribution in [2.75, 3.05) is 11.4 Å². The SMILES string of the molecule is CC(C)Oc1cccc(CN2CCC3(CC2C)C(=O)N(Cc2ncn(C)n2)C(=O)N3c2cccc(F)c2)c1. The fourth-order valence-electron chi connectivity index (χ4n) is 5.57. The number of ether oxygens (including phenoxy) is 1. The molecule has 2 atom stereocenters. The van der Waals surface area contributed by atoms with Crippen LogP contribution in [0.1, 0.15) is 45.0 Å². The zero-order chi connectivity index (χ0) is 27.0. The molecule has 38 heavy (non-hydrogen) atoms. The molecule has 0 N–H and O–H groups in total. The molecule has 2 aromatic carbocycles. The van der Waals surface area contributed by atoms with E-state index < -0.39 is 17.4 Å². The van der Waals surface area contributed by atoms with Crippen LogP contribution in [0.25, 0.3) is 0 Å². The molecule has 9 nitrogen and oxygen atoms in total. The van der Waals surface area contributed by atoms with Gasteiger partial charge in [-0.05, 0) is 69.5 Å². The third-order valence-electron chi connectivity index (χ3n) is 7.23. The summed E-state index contributed by atoms with van der Waals surface area (Å²) in [5, 5.41) is 4.25. The van der Waals surface area contributed by atoms with Crippen molar-refractivity contribution in [3.05, 3.63) is 72.1 Å². The summed E-state index contributed by atoms with van der Waals surface area (Å²) in [6.07, 6.45) is 2.46. The van der Waals surface area contributed by atoms with E-state index in [0.717, 1.165) is 11.3 Å². The predicted molar refractivity (Wildman–Crippen MR) is 140 cm³/mol. The number of hydrogen-bond donors (Lipinski definition) is 0. The van der Waals surface area contributed by atoms with E-state index in [9.17, 15) is 14.0 Å². The fraction of sp³-hybridized carbons (Fsp3) is 0.429. The van der Waals surface area contributed by atoms with Crippen molar-refractivity contribution in [1.29, 1.82) is 0 Å². The first-order valence-corrected chi connectivity index (χ1v) is 12.9. The summed E-state index contributed by atoms with van der Waals surface area (Å²) in [5.41, 5.74) is 0.377. The molecule has 3 heterocycles. The summed E-state index contributed by atoms with van der Waals surface area (Å²) in [7, 11) is 1.73. The number of urea groups is 1. The van der Waals surface area contributed by atoms with Gasteiger partial charge in [-0.25, -0.2) is 14.2 Å². The summed E-state index contributed by atoms with van der Waals surface area (Å²) in [6.45, 7) is 7.31. The number of piperidine rings is 1. The van der Waals surface area contributed by atoms with Crippen molar-refractivity contribution >= 4 is 17.6 Å². The van der Waals surface area contributed by atoms with Crippen LogP contribution in [-0.2, 0) is 24.9 Å². The van der Waals surface area contributed by atoms with E-state index in [4.69, 9.17) is 4.74 Å². The predicted octanol–water partition coefficient (Wildman–Crippen LogP) is 4.13. The van der Waals surface area contributed by atoms with Gasteiger partial charge in [0, 0.05) is 31.9 Å². The molecule has 1 aromatic heterocycles. The van der Waals surface area contributed by atoms with Crippen LogP contribution in [0.15, 0.2) is 54.9 Å². The van der Waals surface area contributed by atoms with Crippen LogP contribution in [0.2, 0.25) is 0 Å². The Labute approximate surface area is 221 Å². The number of carbonyl (C=O) groups is 2. The van der Waals surface area contributed by atoms with Gasteiger partial charge >= 0.3 is 6.03 Å². The van der Waals surface area contributed by atoms with Crippen LogP contribution in [0, 0.1) is 5.82 Å². The number of rotatable bonds is 7. The first-order chi connectivity index (χ1) is 18.2. The zero-order valence-corrected chi connectivity index (χ0v) is 22.2. The standard InChI is InChI=1S/C28H33FN6O3/c1-19(2)38-24-10-5-7-21(13-24)16-33-12-11-28(15-20(33)3)26(36)34(17-25-30-18-32(4)31-25)27(37)35(28)23-9-6-8-22(29)14-23/h5-10,13-14,18-20H,11-12,15-17H2,1-4H3. The third-order valence-corrected chi connectivity index (χ3v) is 7.23. The third kappa shape index (κ3) is 4.88. The molecular formula is C28H33FN6O3. The minimum atomic E-state index is -1.11. The summed E-state index contributed by atoms with van der Waals surface area (Å²) in [5.74, 6) is 0.445. The zero-order valence-electron chi connectivity index (χ0n) is 22.2. The van der Waals surface area contributed by atoms with Crippen LogP contribution >= 0.6 is 0 Å². The van der Waals surface area contributed by atoms with Gasteiger partial charge in [0.05, 0.1) is 12.6 Å². The lowest BCUT2D eigenvalue weighted by molar-refractivity contribution is -0.133. The number of carbonyl (C=O) groups excluding carboxylic acids is 2. The van der Waals surface area contributed by atoms with Crippen LogP contribution in [0.3, 0.4) is 0 Å². The van der Waals surface area contributed by atoms with Gasteiger partial charge in [0.15, 0.2) is 5.82 Å². The number of anilines is 1. The highest BCUT2D eigenvalue weighted by molar-refractivity contribution is 6.16. The van der Waals surface area contributed by atoms with Gasteiger partial charge in [-0.3, -0.25) is 24.2 Å². The number of imide groups is 1. The summed E-state index contributed by atoms with van der Waals surface area (Å²) >= 11 is 0. The highest BCUT2D eigenvalue weighted by Crippen LogP contribution is 2.43. The fourth-order valence-corrected chi connectivity index (χ4v) is 5.57. The minimum absolute atomic E-state index is 0.0147. The molecule has 2 unspecified atom stereocenters. The van der Waals surface area contributed by atoms with Crippen molar-refractivity contribution in [3.63, 3.8) is 0 Å². The molecule has 3 aromatic rings. The van der Waals surface area contributed by atoms with Gasteiger partial charge in [0.1, 0.15) is 23.4 Å². The average molecular weight is 521 g/mol. The highest BCUT2D eigenvalue weighted by atomic mass is 19.1. The molecule has 3 amide bonds. The van der Waals surface area contributed by atoms with Gasteiger partial charge in [-0.15, -0.1) is 0 Å². The molecule has 5 rings (SSSR count). The van der Waals surface area contributed by atoms with Crippen molar-refractivity contribution < 1.29 is 18.7 Å². The van der Waals surface area contributed by atoms with E-state index in [1.54, 1.807) is 19.2 Å². The minimum Gasteiger partial charge on any atom is -0.491 e. The molecule has 10 heteroatoms. The van der Waals surface area contributed by atoms with Crippen molar-refractivity contribution in [1.82, 2.24) is 24.6 Å². The molecular weight excluding hydrogens is 487 g/mol. The number of benzene rings is 2. The van der Waals surface area contributed by atoms with Crippen LogP contribution < -0.4 is 9.64 Å². The Hall–Kier alpha value is -3.79. The maximum Gasteiger partial charge on any atom is 0.332 e. The highest BCUT2D eigenvalue weighted by Gasteiger charge is 2.60. The Balaban J connectivity index is 1.42. The normalized spacial score (nSPS) is 22.2. The van der Waals surface area contributed by atoms with E-state index in [1.165, 1.54) is 32.9 Å². The smallest absolute Gasteiger partial charge is 0.332 e. The second kappa shape index (κ2) is 10.2. The van der Waals surface area contributed by atoms with E-state index in [0.29, 0.717) is 37.4 Å². The van der Waals surface area contributed by atoms with E-state index in [-0.39, 0.29) is 24.6 Å². The lowest BCUT2D eigenvalue weighted by atomic mass is 9.81. The van der Waals surface area contributed by atoms with E-state index >= 15 is 0 Å². The molecule has 1 spiro atoms. The average Bonchev–Trinajstić information content (AvgIpc) is 3.35. The van der Waals surface area contributed by atoms with Gasteiger partial charge < -0.3 is 4.74 Å². The van der Waals surface area contributed by atoms with Crippen molar-refractivity contribution in [3.8, 4) is 5.75 Å². The molecule has 0 radical (unpaired) electrons. The largest absolute Gasteiger partial charge is 0.491 e. The maximum absolute atomic E-state index is 14.3. The molecule has 2 aliphatic heterocycles. The van der Waals surface area contributed by atoms with Crippen molar-refractivity contribution in [2.24, 2.45) is 7.05 Å². The number of likely N-dealkylation sites (tertiary alicyclic amines) is 1. The number of aromatic nitrogens is 3. The summed E-state index contributed by atoms with van der Waals surface area (Å²) in [4.78, 5) is 36.9. The number of nitrogens with zero attached hydrogens (tertiary/aromatic N) is 6. The first kappa shape index (κ1) is 25.8. The van der Waals surface area contributed by atoms with Crippen molar-refractivity contribution in [2.45, 2.75) is 64.4 Å². The van der Waals surface area contributed by atoms with E-state index in [1.807, 2.05) is 32.0 Å². The molecule has 2 aliphatic rings. The van der Waals surface area contributed by atoms with Gasteiger partial charge in [-0.2, -0.15) is 5.10 Å². The first-order valence-electron chi connectivity index (χ1n) is 12.9. The van der Waals surface area contributed by atoms with Crippen LogP contribution in [0.5, 0.6) is 5.75 Å². The summed E-state index contributed by atoms with van der Waals surface area (Å²) in [6, 6.07) is 13.4. The molecule has 2 fully saturated rings. The lowest BCUT2D eigenvalue weighted by Crippen LogP contribution is -2.59. The second-order valence-electron chi connectivity index (χ2n) is 10.4. The lowest BCUT2D eigenvalue weighted by Gasteiger charge is -2.45. The molecule has 0 aliphatic carbocycles. The van der Waals surface area contributed by atoms with Gasteiger partial charge in [0.2, 0.25) is 0 Å². The van der Waals surface area contributed by atoms with Gasteiger partial charge in [0.25, 0.3) is 5.91 Å². The Morgan fingerprint density at radius 1 is 1.13 bits per heavy atom. The van der Waals surface area contributed by atoms with E-state index in [2.05, 4.69) is 28.0 Å². The van der Waals surface area contributed by atoms with Gasteiger partial charge in [-0.1, -0.05) is 18.2 Å². The molecule has 2 saturated heterocycles. The number of amides is 3. The second-order valence-corrected chi connectivity index (χ2v) is 10.4. The van der Waals surface area contributed by atoms with Crippen LogP contribution in [-0.4, -0.2) is 60.7 Å². The molecule has 0 saturated carbocycles. The monoisotopic (exact) mass is 520 g/mol. The number of halogens is 1. The Morgan fingerprint density at radius 2 is 1.92 bits per heavy atom. The quantitative estimate of drug-likeness (QED) is 0.436. The Bertz CT molecular complexity index is 1340. The summed E-state index contributed by atoms with van der Waals surface area (Å²) < 4.78 is 21.6.